The van der Waals surface area contributed by atoms with Gasteiger partial charge in [0, 0.05) is 5.38 Å². The number of carbonyl (C=O) groups excluding carboxylic acids is 3. The fourth-order valence-electron chi connectivity index (χ4n) is 2.39. The van der Waals surface area contributed by atoms with Gasteiger partial charge in [0.2, 0.25) is 5.91 Å². The number of benzene rings is 1. The summed E-state index contributed by atoms with van der Waals surface area (Å²) >= 11 is 7.25. The second-order valence-corrected chi connectivity index (χ2v) is 7.56. The third-order valence-electron chi connectivity index (χ3n) is 3.77. The summed E-state index contributed by atoms with van der Waals surface area (Å²) in [5.74, 6) is -1.36. The van der Waals surface area contributed by atoms with Crippen LogP contribution >= 0.6 is 22.9 Å². The quantitative estimate of drug-likeness (QED) is 0.635. The van der Waals surface area contributed by atoms with E-state index < -0.39 is 17.9 Å². The highest BCUT2D eigenvalue weighted by atomic mass is 35.5. The van der Waals surface area contributed by atoms with Crippen molar-refractivity contribution in [3.63, 3.8) is 0 Å². The zero-order chi connectivity index (χ0) is 20.7. The predicted octanol–water partition coefficient (Wildman–Crippen LogP) is 3.30. The summed E-state index contributed by atoms with van der Waals surface area (Å²) in [5.41, 5.74) is 0.813. The molecule has 150 valence electrons. The van der Waals surface area contributed by atoms with Crippen LogP contribution in [0.3, 0.4) is 0 Å². The summed E-state index contributed by atoms with van der Waals surface area (Å²) in [7, 11) is 0. The number of thiazole rings is 1. The van der Waals surface area contributed by atoms with Crippen molar-refractivity contribution >= 4 is 45.9 Å². The summed E-state index contributed by atoms with van der Waals surface area (Å²) in [5, 5.41) is 7.75. The number of rotatable bonds is 8. The number of nitrogens with zero attached hydrogens (tertiary/aromatic N) is 1. The molecule has 9 heteroatoms. The lowest BCUT2D eigenvalue weighted by Crippen LogP contribution is -2.47. The van der Waals surface area contributed by atoms with Crippen molar-refractivity contribution in [2.24, 2.45) is 5.92 Å². The van der Waals surface area contributed by atoms with Gasteiger partial charge in [-0.05, 0) is 25.0 Å². The molecule has 0 saturated heterocycles. The highest BCUT2D eigenvalue weighted by Gasteiger charge is 2.26. The molecular formula is C19H22ClN3O4S. The number of hydrogen-bond acceptors (Lipinski definition) is 6. The maximum absolute atomic E-state index is 12.7. The Hall–Kier alpha value is -2.45. The number of aromatic nitrogens is 1. The van der Waals surface area contributed by atoms with Gasteiger partial charge < -0.3 is 15.4 Å². The lowest BCUT2D eigenvalue weighted by Gasteiger charge is -2.21. The summed E-state index contributed by atoms with van der Waals surface area (Å²) in [6, 6.07) is 5.85. The molecule has 1 atom stereocenters. The van der Waals surface area contributed by atoms with E-state index in [-0.39, 0.29) is 18.3 Å². The van der Waals surface area contributed by atoms with Gasteiger partial charge in [-0.2, -0.15) is 0 Å². The van der Waals surface area contributed by atoms with Crippen molar-refractivity contribution in [2.45, 2.75) is 33.2 Å². The minimum atomic E-state index is -0.777. The van der Waals surface area contributed by atoms with E-state index in [9.17, 15) is 14.4 Å². The molecule has 2 N–H and O–H groups in total. The topological polar surface area (TPSA) is 97.4 Å². The molecule has 0 radical (unpaired) electrons. The van der Waals surface area contributed by atoms with Crippen molar-refractivity contribution < 1.29 is 19.1 Å². The maximum Gasteiger partial charge on any atom is 0.311 e. The van der Waals surface area contributed by atoms with Crippen LogP contribution in [-0.2, 0) is 20.7 Å². The Morgan fingerprint density at radius 2 is 1.96 bits per heavy atom. The minimum absolute atomic E-state index is 0.0388. The molecule has 2 aromatic rings. The normalized spacial score (nSPS) is 11.8. The van der Waals surface area contributed by atoms with Crippen LogP contribution in [0.25, 0.3) is 0 Å². The van der Waals surface area contributed by atoms with E-state index in [1.54, 1.807) is 36.6 Å². The van der Waals surface area contributed by atoms with Crippen molar-refractivity contribution in [3.8, 4) is 0 Å². The van der Waals surface area contributed by atoms with Gasteiger partial charge in [0.15, 0.2) is 5.13 Å². The van der Waals surface area contributed by atoms with E-state index in [4.69, 9.17) is 16.3 Å². The molecule has 0 aliphatic heterocycles. The Balaban J connectivity index is 2.03. The van der Waals surface area contributed by atoms with E-state index in [0.717, 1.165) is 0 Å². The molecule has 1 aromatic carbocycles. The Morgan fingerprint density at radius 3 is 2.61 bits per heavy atom. The summed E-state index contributed by atoms with van der Waals surface area (Å²) in [6.45, 7) is 5.68. The van der Waals surface area contributed by atoms with Crippen LogP contribution in [0.15, 0.2) is 29.6 Å². The first-order valence-corrected chi connectivity index (χ1v) is 10.0. The molecule has 0 fully saturated rings. The number of esters is 1. The van der Waals surface area contributed by atoms with Gasteiger partial charge in [-0.25, -0.2) is 4.98 Å². The first-order valence-electron chi connectivity index (χ1n) is 8.78. The molecule has 1 heterocycles. The van der Waals surface area contributed by atoms with Gasteiger partial charge in [0.25, 0.3) is 5.91 Å². The molecule has 0 bridgehead atoms. The van der Waals surface area contributed by atoms with E-state index in [1.807, 2.05) is 13.8 Å². The molecule has 0 spiro atoms. The second kappa shape index (κ2) is 10.2. The van der Waals surface area contributed by atoms with Gasteiger partial charge in [-0.3, -0.25) is 14.4 Å². The average molecular weight is 424 g/mol. The fraction of sp³-hybridized carbons (Fsp3) is 0.368. The van der Waals surface area contributed by atoms with Crippen molar-refractivity contribution in [1.29, 1.82) is 0 Å². The molecule has 2 amide bonds. The number of amides is 2. The average Bonchev–Trinajstić information content (AvgIpc) is 3.06. The van der Waals surface area contributed by atoms with Crippen LogP contribution in [0.1, 0.15) is 36.8 Å². The maximum atomic E-state index is 12.7. The summed E-state index contributed by atoms with van der Waals surface area (Å²) in [4.78, 5) is 40.9. The molecule has 0 aliphatic rings. The smallest absolute Gasteiger partial charge is 0.311 e. The number of hydrogen-bond donors (Lipinski definition) is 2. The third-order valence-corrected chi connectivity index (χ3v) is 4.90. The van der Waals surface area contributed by atoms with Gasteiger partial charge in [-0.1, -0.05) is 37.6 Å². The number of anilines is 1. The SMILES string of the molecule is CCOC(=O)Cc1csc(NC(=O)C(NC(=O)c2ccccc2Cl)C(C)C)n1. The molecule has 28 heavy (non-hydrogen) atoms. The van der Waals surface area contributed by atoms with E-state index in [1.165, 1.54) is 11.3 Å². The van der Waals surface area contributed by atoms with Crippen LogP contribution in [0.5, 0.6) is 0 Å². The van der Waals surface area contributed by atoms with Crippen LogP contribution < -0.4 is 10.6 Å². The van der Waals surface area contributed by atoms with Crippen molar-refractivity contribution in [3.05, 3.63) is 45.9 Å². The third kappa shape index (κ3) is 6.03. The predicted molar refractivity (Wildman–Crippen MR) is 109 cm³/mol. The Kier molecular flexibility index (Phi) is 7.95. The summed E-state index contributed by atoms with van der Waals surface area (Å²) in [6.07, 6.45) is 0.0388. The number of carbonyl (C=O) groups is 3. The Bertz CT molecular complexity index is 853. The van der Waals surface area contributed by atoms with Crippen molar-refractivity contribution in [2.75, 3.05) is 11.9 Å². The summed E-state index contributed by atoms with van der Waals surface area (Å²) < 4.78 is 4.88. The Labute approximate surface area is 172 Å². The van der Waals surface area contributed by atoms with Gasteiger partial charge in [0.05, 0.1) is 29.3 Å². The number of ether oxygens (including phenoxy) is 1. The van der Waals surface area contributed by atoms with Crippen LogP contribution in [0, 0.1) is 5.92 Å². The molecular weight excluding hydrogens is 402 g/mol. The monoisotopic (exact) mass is 423 g/mol. The van der Waals surface area contributed by atoms with E-state index >= 15 is 0 Å². The highest BCUT2D eigenvalue weighted by Crippen LogP contribution is 2.18. The highest BCUT2D eigenvalue weighted by molar-refractivity contribution is 7.13. The number of halogens is 1. The van der Waals surface area contributed by atoms with Crippen LogP contribution in [0.4, 0.5) is 5.13 Å². The van der Waals surface area contributed by atoms with E-state index in [0.29, 0.717) is 28.0 Å². The first-order chi connectivity index (χ1) is 13.3. The van der Waals surface area contributed by atoms with Gasteiger partial charge in [-0.15, -0.1) is 11.3 Å². The molecule has 0 aliphatic carbocycles. The van der Waals surface area contributed by atoms with Gasteiger partial charge in [0.1, 0.15) is 6.04 Å². The zero-order valence-electron chi connectivity index (χ0n) is 15.8. The van der Waals surface area contributed by atoms with Crippen LogP contribution in [-0.4, -0.2) is 35.4 Å². The largest absolute Gasteiger partial charge is 0.466 e. The van der Waals surface area contributed by atoms with Crippen molar-refractivity contribution in [1.82, 2.24) is 10.3 Å². The zero-order valence-corrected chi connectivity index (χ0v) is 17.4. The van der Waals surface area contributed by atoms with Gasteiger partial charge >= 0.3 is 5.97 Å². The number of nitrogens with one attached hydrogen (secondary N) is 2. The molecule has 7 nitrogen and oxygen atoms in total. The second-order valence-electron chi connectivity index (χ2n) is 6.29. The molecule has 1 aromatic heterocycles. The van der Waals surface area contributed by atoms with E-state index in [2.05, 4.69) is 15.6 Å². The van der Waals surface area contributed by atoms with Crippen LogP contribution in [0.2, 0.25) is 5.02 Å². The molecule has 0 saturated carbocycles. The standard InChI is InChI=1S/C19H22ClN3O4S/c1-4-27-15(24)9-12-10-28-19(21-12)23-18(26)16(11(2)3)22-17(25)13-7-5-6-8-14(13)20/h5-8,10-11,16H,4,9H2,1-3H3,(H,22,25)(H,21,23,26). The molecule has 2 rings (SSSR count). The minimum Gasteiger partial charge on any atom is -0.466 e. The lowest BCUT2D eigenvalue weighted by molar-refractivity contribution is -0.142. The fourth-order valence-corrected chi connectivity index (χ4v) is 3.32. The Morgan fingerprint density at radius 1 is 1.25 bits per heavy atom. The lowest BCUT2D eigenvalue weighted by atomic mass is 10.0. The molecule has 1 unspecified atom stereocenters. The first kappa shape index (κ1) is 21.8.